The van der Waals surface area contributed by atoms with Crippen molar-refractivity contribution in [1.29, 1.82) is 0 Å². The molecule has 0 fully saturated rings. The summed E-state index contributed by atoms with van der Waals surface area (Å²) in [5.41, 5.74) is 0.301. The number of hydrogen-bond acceptors (Lipinski definition) is 3. The van der Waals surface area contributed by atoms with Gasteiger partial charge in [0.05, 0.1) is 0 Å². The molecule has 0 saturated heterocycles. The Morgan fingerprint density at radius 3 is 1.72 bits per heavy atom. The number of phenolic OH excluding ortho intramolecular Hbond substituents is 1. The molecule has 0 aliphatic carbocycles. The molecule has 1 aromatic rings. The third-order valence-corrected chi connectivity index (χ3v) is 5.37. The van der Waals surface area contributed by atoms with E-state index in [0.29, 0.717) is 12.0 Å². The van der Waals surface area contributed by atoms with Crippen LogP contribution in [0, 0.1) is 0 Å². The molecule has 0 unspecified atom stereocenters. The Bertz CT molecular complexity index is 571. The van der Waals surface area contributed by atoms with Crippen molar-refractivity contribution in [2.75, 3.05) is 0 Å². The van der Waals surface area contributed by atoms with Crippen molar-refractivity contribution < 1.29 is 14.7 Å². The predicted molar refractivity (Wildman–Crippen MR) is 120 cm³/mol. The van der Waals surface area contributed by atoms with Crippen LogP contribution in [0.3, 0.4) is 0 Å². The number of benzene rings is 1. The summed E-state index contributed by atoms with van der Waals surface area (Å²) < 4.78 is 0. The van der Waals surface area contributed by atoms with Crippen molar-refractivity contribution in [2.45, 2.75) is 110 Å². The first-order valence-electron chi connectivity index (χ1n) is 11.8. The van der Waals surface area contributed by atoms with Gasteiger partial charge in [-0.3, -0.25) is 14.9 Å². The van der Waals surface area contributed by atoms with Gasteiger partial charge in [0.2, 0.25) is 5.91 Å². The fourth-order valence-corrected chi connectivity index (χ4v) is 3.57. The highest BCUT2D eigenvalue weighted by molar-refractivity contribution is 6.04. The van der Waals surface area contributed by atoms with Crippen LogP contribution < -0.4 is 5.32 Å². The summed E-state index contributed by atoms with van der Waals surface area (Å²) in [6.45, 7) is 2.26. The third kappa shape index (κ3) is 13.9. The summed E-state index contributed by atoms with van der Waals surface area (Å²) in [6.07, 6.45) is 19.7. The second-order valence-corrected chi connectivity index (χ2v) is 8.13. The molecule has 0 radical (unpaired) electrons. The summed E-state index contributed by atoms with van der Waals surface area (Å²) in [5.74, 6) is -0.674. The Kier molecular flexibility index (Phi) is 14.8. The molecule has 1 aromatic carbocycles. The summed E-state index contributed by atoms with van der Waals surface area (Å²) >= 11 is 0. The van der Waals surface area contributed by atoms with Crippen LogP contribution >= 0.6 is 0 Å². The van der Waals surface area contributed by atoms with E-state index in [2.05, 4.69) is 12.2 Å². The van der Waals surface area contributed by atoms with Gasteiger partial charge in [-0.25, -0.2) is 0 Å². The second kappa shape index (κ2) is 17.1. The molecule has 0 bridgehead atoms. The first-order chi connectivity index (χ1) is 14.1. The molecule has 0 saturated carbocycles. The molecule has 29 heavy (non-hydrogen) atoms. The molecule has 0 aliphatic rings. The van der Waals surface area contributed by atoms with E-state index in [1.54, 1.807) is 12.1 Å². The molecular formula is C25H41NO3. The molecule has 0 atom stereocenters. The first kappa shape index (κ1) is 25.2. The van der Waals surface area contributed by atoms with Crippen LogP contribution in [-0.4, -0.2) is 16.9 Å². The fourth-order valence-electron chi connectivity index (χ4n) is 3.57. The fraction of sp³-hybridized carbons (Fsp3) is 0.680. The average Bonchev–Trinajstić information content (AvgIpc) is 2.71. The lowest BCUT2D eigenvalue weighted by molar-refractivity contribution is -0.120. The van der Waals surface area contributed by atoms with Crippen LogP contribution in [0.5, 0.6) is 5.75 Å². The number of carbonyl (C=O) groups excluding carboxylic acids is 2. The Hall–Kier alpha value is -1.84. The molecule has 0 aliphatic heterocycles. The number of hydrogen-bond donors (Lipinski definition) is 2. The van der Waals surface area contributed by atoms with Gasteiger partial charge in [-0.05, 0) is 24.6 Å². The highest BCUT2D eigenvalue weighted by atomic mass is 16.3. The van der Waals surface area contributed by atoms with Crippen LogP contribution in [0.2, 0.25) is 0 Å². The van der Waals surface area contributed by atoms with E-state index in [-0.39, 0.29) is 11.7 Å². The first-order valence-corrected chi connectivity index (χ1v) is 11.8. The lowest BCUT2D eigenvalue weighted by atomic mass is 10.0. The summed E-state index contributed by atoms with van der Waals surface area (Å²) in [4.78, 5) is 23.8. The Morgan fingerprint density at radius 1 is 0.759 bits per heavy atom. The third-order valence-electron chi connectivity index (χ3n) is 5.37. The van der Waals surface area contributed by atoms with E-state index in [9.17, 15) is 14.7 Å². The van der Waals surface area contributed by atoms with Gasteiger partial charge in [0.15, 0.2) is 0 Å². The lowest BCUT2D eigenvalue weighted by Gasteiger charge is -2.05. The SMILES string of the molecule is CCCCCCCCCCCCCCCCCC(=O)NC(=O)c1cccc(O)c1. The van der Waals surface area contributed by atoms with E-state index < -0.39 is 5.91 Å². The van der Waals surface area contributed by atoms with Crippen LogP contribution in [-0.2, 0) is 4.79 Å². The van der Waals surface area contributed by atoms with Crippen LogP contribution in [0.1, 0.15) is 120 Å². The van der Waals surface area contributed by atoms with Crippen molar-refractivity contribution in [3.8, 4) is 5.75 Å². The smallest absolute Gasteiger partial charge is 0.257 e. The standard InChI is InChI=1S/C25H41NO3/c1-2-3-4-5-6-7-8-9-10-11-12-13-14-15-16-20-24(28)26-25(29)22-18-17-19-23(27)21-22/h17-19,21,27H,2-16,20H2,1H3,(H,26,28,29). The Labute approximate surface area is 177 Å². The molecular weight excluding hydrogens is 362 g/mol. The number of imide groups is 1. The van der Waals surface area contributed by atoms with Crippen molar-refractivity contribution in [1.82, 2.24) is 5.32 Å². The Morgan fingerprint density at radius 2 is 1.24 bits per heavy atom. The summed E-state index contributed by atoms with van der Waals surface area (Å²) in [7, 11) is 0. The van der Waals surface area contributed by atoms with Crippen molar-refractivity contribution in [2.24, 2.45) is 0 Å². The highest BCUT2D eigenvalue weighted by Crippen LogP contribution is 2.14. The molecule has 4 heteroatoms. The number of aromatic hydroxyl groups is 1. The van der Waals surface area contributed by atoms with Crippen LogP contribution in [0.15, 0.2) is 24.3 Å². The largest absolute Gasteiger partial charge is 0.508 e. The number of unbranched alkanes of at least 4 members (excludes halogenated alkanes) is 14. The highest BCUT2D eigenvalue weighted by Gasteiger charge is 2.10. The number of nitrogens with one attached hydrogen (secondary N) is 1. The minimum Gasteiger partial charge on any atom is -0.508 e. The van der Waals surface area contributed by atoms with E-state index in [4.69, 9.17) is 0 Å². The van der Waals surface area contributed by atoms with Gasteiger partial charge < -0.3 is 5.11 Å². The zero-order valence-electron chi connectivity index (χ0n) is 18.4. The van der Waals surface area contributed by atoms with E-state index >= 15 is 0 Å². The lowest BCUT2D eigenvalue weighted by Crippen LogP contribution is -2.30. The van der Waals surface area contributed by atoms with Gasteiger partial charge in [-0.2, -0.15) is 0 Å². The minimum atomic E-state index is -0.452. The molecule has 0 spiro atoms. The van der Waals surface area contributed by atoms with Gasteiger partial charge in [-0.1, -0.05) is 103 Å². The molecule has 0 aromatic heterocycles. The number of rotatable bonds is 17. The normalized spacial score (nSPS) is 10.8. The maximum Gasteiger partial charge on any atom is 0.257 e. The van der Waals surface area contributed by atoms with Crippen molar-refractivity contribution >= 4 is 11.8 Å². The molecule has 1 rings (SSSR count). The summed E-state index contributed by atoms with van der Waals surface area (Å²) in [6, 6.07) is 6.02. The zero-order valence-corrected chi connectivity index (χ0v) is 18.4. The van der Waals surface area contributed by atoms with Gasteiger partial charge in [0.1, 0.15) is 5.75 Å². The number of phenols is 1. The molecule has 164 valence electrons. The zero-order chi connectivity index (χ0) is 21.2. The van der Waals surface area contributed by atoms with Crippen molar-refractivity contribution in [3.63, 3.8) is 0 Å². The number of amides is 2. The van der Waals surface area contributed by atoms with Gasteiger partial charge in [0, 0.05) is 12.0 Å². The average molecular weight is 404 g/mol. The number of carbonyl (C=O) groups is 2. The topological polar surface area (TPSA) is 66.4 Å². The molecule has 2 N–H and O–H groups in total. The van der Waals surface area contributed by atoms with Gasteiger partial charge >= 0.3 is 0 Å². The quantitative estimate of drug-likeness (QED) is 0.278. The van der Waals surface area contributed by atoms with E-state index in [1.807, 2.05) is 0 Å². The minimum absolute atomic E-state index is 0.0208. The van der Waals surface area contributed by atoms with E-state index in [1.165, 1.54) is 89.2 Å². The second-order valence-electron chi connectivity index (χ2n) is 8.13. The van der Waals surface area contributed by atoms with Crippen LogP contribution in [0.25, 0.3) is 0 Å². The Balaban J connectivity index is 1.88. The van der Waals surface area contributed by atoms with Crippen molar-refractivity contribution in [3.05, 3.63) is 29.8 Å². The molecule has 4 nitrogen and oxygen atoms in total. The van der Waals surface area contributed by atoms with Gasteiger partial charge in [-0.15, -0.1) is 0 Å². The summed E-state index contributed by atoms with van der Waals surface area (Å²) in [5, 5.41) is 11.8. The predicted octanol–water partition coefficient (Wildman–Crippen LogP) is 6.91. The monoisotopic (exact) mass is 403 g/mol. The van der Waals surface area contributed by atoms with E-state index in [0.717, 1.165) is 19.3 Å². The van der Waals surface area contributed by atoms with Crippen LogP contribution in [0.4, 0.5) is 0 Å². The maximum atomic E-state index is 11.9. The van der Waals surface area contributed by atoms with Gasteiger partial charge in [0.25, 0.3) is 5.91 Å². The maximum absolute atomic E-state index is 11.9. The molecule has 2 amide bonds. The molecule has 0 heterocycles.